The minimum atomic E-state index is -0.339. The molecule has 1 fully saturated rings. The number of hydrogen-bond acceptors (Lipinski definition) is 9. The first-order chi connectivity index (χ1) is 15.8. The third kappa shape index (κ3) is 7.89. The highest BCUT2D eigenvalue weighted by molar-refractivity contribution is 6.21. The molecule has 10 heteroatoms. The lowest BCUT2D eigenvalue weighted by molar-refractivity contribution is -0.0697. The number of nitrogens with zero attached hydrogens (tertiary/aromatic N) is 1. The molecule has 1 aromatic carbocycles. The number of carbonyl (C=O) groups is 2. The number of nitrogens with one attached hydrogen (secondary N) is 2. The van der Waals surface area contributed by atoms with E-state index in [0.29, 0.717) is 70.5 Å². The molecule has 2 N–H and O–H groups in total. The number of fused-ring (bicyclic) bond motifs is 1. The van der Waals surface area contributed by atoms with E-state index in [1.54, 1.807) is 24.3 Å². The molecule has 1 saturated heterocycles. The van der Waals surface area contributed by atoms with Gasteiger partial charge < -0.3 is 34.3 Å². The van der Waals surface area contributed by atoms with E-state index in [2.05, 4.69) is 10.6 Å². The van der Waals surface area contributed by atoms with Crippen LogP contribution in [0.25, 0.3) is 0 Å². The molecule has 0 aliphatic carbocycles. The van der Waals surface area contributed by atoms with Gasteiger partial charge in [0.25, 0.3) is 11.8 Å². The summed E-state index contributed by atoms with van der Waals surface area (Å²) in [6.45, 7) is 6.67. The van der Waals surface area contributed by atoms with Crippen LogP contribution in [0.4, 0.5) is 0 Å². The first kappa shape index (κ1) is 24.7. The molecule has 1 aromatic rings. The van der Waals surface area contributed by atoms with Crippen LogP contribution in [0.3, 0.4) is 0 Å². The molecule has 1 unspecified atom stereocenters. The second-order valence-electron chi connectivity index (χ2n) is 7.38. The first-order valence-electron chi connectivity index (χ1n) is 11.1. The van der Waals surface area contributed by atoms with Crippen LogP contribution in [0.2, 0.25) is 0 Å². The number of carbonyl (C=O) groups excluding carboxylic acids is 2. The van der Waals surface area contributed by atoms with Crippen molar-refractivity contribution >= 4 is 11.8 Å². The molecule has 10 nitrogen and oxygen atoms in total. The van der Waals surface area contributed by atoms with E-state index in [4.69, 9.17) is 23.7 Å². The fourth-order valence-electron chi connectivity index (χ4n) is 3.29. The maximum atomic E-state index is 12.4. The van der Waals surface area contributed by atoms with Crippen molar-refractivity contribution < 1.29 is 33.3 Å². The Morgan fingerprint density at radius 2 is 1.38 bits per heavy atom. The van der Waals surface area contributed by atoms with E-state index < -0.39 is 0 Å². The molecule has 0 radical (unpaired) electrons. The summed E-state index contributed by atoms with van der Waals surface area (Å²) >= 11 is 0. The summed E-state index contributed by atoms with van der Waals surface area (Å²) in [5, 5.41) is 6.50. The first-order valence-corrected chi connectivity index (χ1v) is 11.1. The average Bonchev–Trinajstić information content (AvgIpc) is 3.05. The van der Waals surface area contributed by atoms with Crippen LogP contribution in [0.15, 0.2) is 24.3 Å². The lowest BCUT2D eigenvalue weighted by Gasteiger charge is -2.21. The third-order valence-corrected chi connectivity index (χ3v) is 4.98. The monoisotopic (exact) mass is 451 g/mol. The van der Waals surface area contributed by atoms with Gasteiger partial charge in [-0.3, -0.25) is 9.59 Å². The molecule has 3 rings (SSSR count). The third-order valence-electron chi connectivity index (χ3n) is 4.98. The summed E-state index contributed by atoms with van der Waals surface area (Å²) in [4.78, 5) is 26.0. The molecule has 0 saturated carbocycles. The average molecular weight is 452 g/mol. The van der Waals surface area contributed by atoms with Crippen LogP contribution in [-0.4, -0.2) is 109 Å². The van der Waals surface area contributed by atoms with Gasteiger partial charge in [0.1, 0.15) is 12.8 Å². The Morgan fingerprint density at radius 3 is 2.00 bits per heavy atom. The Balaban J connectivity index is 1.42. The van der Waals surface area contributed by atoms with Crippen LogP contribution >= 0.6 is 0 Å². The SMILES string of the molecule is O=C1c2ccccc2C(=O)N1COCC1COCCNCCOCCOCCNCCO1. The highest BCUT2D eigenvalue weighted by Gasteiger charge is 2.35. The number of imide groups is 1. The van der Waals surface area contributed by atoms with Gasteiger partial charge in [0, 0.05) is 26.2 Å². The number of hydrogen-bond donors (Lipinski definition) is 2. The van der Waals surface area contributed by atoms with Crippen molar-refractivity contribution in [2.24, 2.45) is 0 Å². The van der Waals surface area contributed by atoms with Gasteiger partial charge in [0.05, 0.1) is 64.0 Å². The van der Waals surface area contributed by atoms with Crippen LogP contribution in [0, 0.1) is 0 Å². The fraction of sp³-hybridized carbons (Fsp3) is 0.636. The quantitative estimate of drug-likeness (QED) is 0.606. The van der Waals surface area contributed by atoms with Crippen molar-refractivity contribution in [1.29, 1.82) is 0 Å². The zero-order chi connectivity index (χ0) is 22.4. The minimum Gasteiger partial charge on any atom is -0.378 e. The maximum absolute atomic E-state index is 12.4. The Hall–Kier alpha value is -1.92. The van der Waals surface area contributed by atoms with Crippen LogP contribution in [0.5, 0.6) is 0 Å². The summed E-state index contributed by atoms with van der Waals surface area (Å²) in [7, 11) is 0. The van der Waals surface area contributed by atoms with Gasteiger partial charge in [-0.05, 0) is 12.1 Å². The van der Waals surface area contributed by atoms with E-state index in [1.807, 2.05) is 0 Å². The highest BCUT2D eigenvalue weighted by atomic mass is 16.6. The largest absolute Gasteiger partial charge is 0.378 e. The molecule has 178 valence electrons. The Bertz CT molecular complexity index is 666. The number of ether oxygens (including phenoxy) is 5. The normalized spacial score (nSPS) is 22.9. The molecule has 0 spiro atoms. The van der Waals surface area contributed by atoms with Gasteiger partial charge in [-0.25, -0.2) is 4.90 Å². The van der Waals surface area contributed by atoms with Crippen molar-refractivity contribution in [2.45, 2.75) is 6.10 Å². The number of rotatable bonds is 4. The second kappa shape index (κ2) is 14.3. The maximum Gasteiger partial charge on any atom is 0.263 e. The van der Waals surface area contributed by atoms with Crippen molar-refractivity contribution in [3.63, 3.8) is 0 Å². The topological polar surface area (TPSA) is 108 Å². The zero-order valence-corrected chi connectivity index (χ0v) is 18.4. The molecule has 32 heavy (non-hydrogen) atoms. The van der Waals surface area contributed by atoms with Crippen molar-refractivity contribution in [2.75, 3.05) is 85.8 Å². The molecule has 0 bridgehead atoms. The van der Waals surface area contributed by atoms with E-state index in [9.17, 15) is 9.59 Å². The molecular weight excluding hydrogens is 418 g/mol. The van der Waals surface area contributed by atoms with Crippen LogP contribution in [-0.2, 0) is 23.7 Å². The molecule has 1 atom stereocenters. The minimum absolute atomic E-state index is 0.122. The standard InChI is InChI=1S/C22H33N3O7/c26-21-19-3-1-2-4-20(19)22(27)25(21)17-31-16-18-15-30-11-7-23-5-9-28-13-14-29-10-6-24-8-12-32-18/h1-4,18,23-24H,5-17H2. The Morgan fingerprint density at radius 1 is 0.812 bits per heavy atom. The van der Waals surface area contributed by atoms with Crippen LogP contribution in [0.1, 0.15) is 20.7 Å². The van der Waals surface area contributed by atoms with Crippen molar-refractivity contribution in [3.8, 4) is 0 Å². The highest BCUT2D eigenvalue weighted by Crippen LogP contribution is 2.22. The number of benzene rings is 1. The summed E-state index contributed by atoms with van der Waals surface area (Å²) < 4.78 is 28.2. The molecule has 0 aromatic heterocycles. The predicted octanol–water partition coefficient (Wildman–Crippen LogP) is -0.115. The zero-order valence-electron chi connectivity index (χ0n) is 18.4. The molecule has 2 amide bonds. The molecular formula is C22H33N3O7. The summed E-state index contributed by atoms with van der Waals surface area (Å²) in [6.07, 6.45) is -0.314. The molecule has 2 aliphatic heterocycles. The van der Waals surface area contributed by atoms with Gasteiger partial charge in [0.15, 0.2) is 0 Å². The second-order valence-corrected chi connectivity index (χ2v) is 7.38. The molecule has 2 aliphatic rings. The summed E-state index contributed by atoms with van der Waals surface area (Å²) in [6, 6.07) is 6.78. The lowest BCUT2D eigenvalue weighted by atomic mass is 10.1. The Labute approximate surface area is 188 Å². The smallest absolute Gasteiger partial charge is 0.263 e. The van der Waals surface area contributed by atoms with Crippen molar-refractivity contribution in [3.05, 3.63) is 35.4 Å². The van der Waals surface area contributed by atoms with Gasteiger partial charge in [-0.1, -0.05) is 12.1 Å². The lowest BCUT2D eigenvalue weighted by Crippen LogP contribution is -2.36. The van der Waals surface area contributed by atoms with E-state index >= 15 is 0 Å². The molecule has 2 heterocycles. The van der Waals surface area contributed by atoms with E-state index in [1.165, 1.54) is 0 Å². The van der Waals surface area contributed by atoms with Crippen molar-refractivity contribution in [1.82, 2.24) is 15.5 Å². The Kier molecular flexibility index (Phi) is 11.0. The summed E-state index contributed by atoms with van der Waals surface area (Å²) in [5.41, 5.74) is 0.815. The van der Waals surface area contributed by atoms with Gasteiger partial charge >= 0.3 is 0 Å². The van der Waals surface area contributed by atoms with Gasteiger partial charge in [-0.2, -0.15) is 0 Å². The summed E-state index contributed by atoms with van der Waals surface area (Å²) in [5.74, 6) is -0.678. The van der Waals surface area contributed by atoms with E-state index in [0.717, 1.165) is 18.0 Å². The fourth-order valence-corrected chi connectivity index (χ4v) is 3.29. The predicted molar refractivity (Wildman–Crippen MR) is 116 cm³/mol. The van der Waals surface area contributed by atoms with E-state index in [-0.39, 0.29) is 31.3 Å². The van der Waals surface area contributed by atoms with Gasteiger partial charge in [0.2, 0.25) is 0 Å². The number of amides is 2. The van der Waals surface area contributed by atoms with Crippen LogP contribution < -0.4 is 10.6 Å². The van der Waals surface area contributed by atoms with Gasteiger partial charge in [-0.15, -0.1) is 0 Å².